The van der Waals surface area contributed by atoms with Crippen LogP contribution in [0.1, 0.15) is 65.2 Å². The van der Waals surface area contributed by atoms with Crippen molar-refractivity contribution < 1.29 is 18.1 Å². The first-order valence-electron chi connectivity index (χ1n) is 16.0. The maximum absolute atomic E-state index is 7.26. The van der Waals surface area contributed by atoms with E-state index in [2.05, 4.69) is 77.9 Å². The van der Waals surface area contributed by atoms with Gasteiger partial charge >= 0.3 is 0 Å². The van der Waals surface area contributed by atoms with Gasteiger partial charge in [0.15, 0.2) is 25.0 Å². The van der Waals surface area contributed by atoms with Crippen molar-refractivity contribution in [1.82, 2.24) is 0 Å². The number of hydrogen-bond acceptors (Lipinski definition) is 5. The quantitative estimate of drug-likeness (QED) is 0.152. The van der Waals surface area contributed by atoms with Gasteiger partial charge in [-0.15, -0.1) is 0 Å². The van der Waals surface area contributed by atoms with E-state index < -0.39 is 25.0 Å². The topological polar surface area (TPSA) is 49.3 Å². The molecule has 226 valence electrons. The van der Waals surface area contributed by atoms with Gasteiger partial charge in [0, 0.05) is 18.1 Å². The van der Waals surface area contributed by atoms with Crippen LogP contribution in [-0.4, -0.2) is 56.6 Å². The lowest BCUT2D eigenvalue weighted by Crippen LogP contribution is -2.61. The van der Waals surface area contributed by atoms with Crippen molar-refractivity contribution in [2.45, 2.75) is 136 Å². The molecule has 0 aromatic rings. The van der Waals surface area contributed by atoms with Gasteiger partial charge in [-0.25, -0.2) is 0 Å². The maximum atomic E-state index is 7.26. The Bertz CT molecular complexity index is 894. The minimum Gasteiger partial charge on any atom is -0.415 e. The van der Waals surface area contributed by atoms with E-state index in [-0.39, 0.29) is 5.41 Å². The number of nitrogens with zero attached hydrogens (tertiary/aromatic N) is 1. The van der Waals surface area contributed by atoms with E-state index in [4.69, 9.17) is 18.1 Å². The van der Waals surface area contributed by atoms with Crippen LogP contribution in [0.5, 0.6) is 0 Å². The van der Waals surface area contributed by atoms with Crippen LogP contribution in [-0.2, 0) is 18.1 Å². The molecule has 0 aromatic carbocycles. The lowest BCUT2D eigenvalue weighted by atomic mass is 9.44. The fourth-order valence-electron chi connectivity index (χ4n) is 9.62. The average molecular weight is 596 g/mol. The molecule has 0 radical (unpaired) electrons. The molecule has 4 fully saturated rings. The van der Waals surface area contributed by atoms with Crippen LogP contribution >= 0.6 is 0 Å². The summed E-state index contributed by atoms with van der Waals surface area (Å²) in [7, 11) is -3.21. The molecular formula is C31H61NO4Si3. The van der Waals surface area contributed by atoms with Crippen LogP contribution in [0.2, 0.25) is 58.9 Å². The summed E-state index contributed by atoms with van der Waals surface area (Å²) in [5, 5.41) is 4.64. The predicted octanol–water partition coefficient (Wildman–Crippen LogP) is 8.55. The SMILES string of the molecule is CON=C(CO[Si](C)(C)C)[C@H]1CCC2C3CC[C@H]4C[C@H](O[Si](C)(C)C)CC[C@]4(C)C3[C@@H](O[Si](C)(C)C)C[C@@]21C. The number of fused-ring (bicyclic) bond motifs is 5. The van der Waals surface area contributed by atoms with Crippen LogP contribution in [0, 0.1) is 40.4 Å². The average Bonchev–Trinajstić information content (AvgIpc) is 3.10. The third-order valence-electron chi connectivity index (χ3n) is 10.8. The Morgan fingerprint density at radius 1 is 0.795 bits per heavy atom. The maximum Gasteiger partial charge on any atom is 0.184 e. The number of oxime groups is 1. The summed E-state index contributed by atoms with van der Waals surface area (Å²) in [5.74, 6) is 3.32. The summed E-state index contributed by atoms with van der Waals surface area (Å²) in [5.41, 5.74) is 1.68. The first-order chi connectivity index (χ1) is 17.9. The molecule has 0 aromatic heterocycles. The van der Waals surface area contributed by atoms with E-state index in [1.807, 2.05) is 0 Å². The van der Waals surface area contributed by atoms with Crippen LogP contribution in [0.4, 0.5) is 0 Å². The number of rotatable bonds is 9. The van der Waals surface area contributed by atoms with Gasteiger partial charge in [-0.05, 0) is 145 Å². The molecule has 4 rings (SSSR count). The van der Waals surface area contributed by atoms with Crippen LogP contribution in [0.25, 0.3) is 0 Å². The molecule has 9 atom stereocenters. The van der Waals surface area contributed by atoms with Gasteiger partial charge in [0.2, 0.25) is 0 Å². The molecule has 0 heterocycles. The fraction of sp³-hybridized carbons (Fsp3) is 0.968. The highest BCUT2D eigenvalue weighted by molar-refractivity contribution is 6.70. The van der Waals surface area contributed by atoms with Crippen molar-refractivity contribution >= 4 is 30.7 Å². The first-order valence-corrected chi connectivity index (χ1v) is 26.2. The summed E-state index contributed by atoms with van der Waals surface area (Å²) in [4.78, 5) is 5.44. The molecule has 0 bridgehead atoms. The van der Waals surface area contributed by atoms with E-state index in [1.165, 1.54) is 44.9 Å². The van der Waals surface area contributed by atoms with Crippen molar-refractivity contribution in [3.05, 3.63) is 0 Å². The summed E-state index contributed by atoms with van der Waals surface area (Å²) in [6.07, 6.45) is 11.0. The Balaban J connectivity index is 1.64. The lowest BCUT2D eigenvalue weighted by Gasteiger charge is -2.64. The van der Waals surface area contributed by atoms with Crippen molar-refractivity contribution in [2.75, 3.05) is 13.7 Å². The van der Waals surface area contributed by atoms with Gasteiger partial charge in [0.25, 0.3) is 0 Å². The van der Waals surface area contributed by atoms with E-state index in [0.29, 0.717) is 36.1 Å². The molecule has 0 N–H and O–H groups in total. The summed E-state index contributed by atoms with van der Waals surface area (Å²) in [6.45, 7) is 26.9. The normalized spacial score (nSPS) is 41.5. The predicted molar refractivity (Wildman–Crippen MR) is 171 cm³/mol. The Kier molecular flexibility index (Phi) is 9.21. The second-order valence-electron chi connectivity index (χ2n) is 17.0. The molecule has 0 spiro atoms. The van der Waals surface area contributed by atoms with Crippen LogP contribution < -0.4 is 0 Å². The third-order valence-corrected chi connectivity index (χ3v) is 13.9. The van der Waals surface area contributed by atoms with Crippen LogP contribution in [0.15, 0.2) is 5.16 Å². The molecule has 39 heavy (non-hydrogen) atoms. The van der Waals surface area contributed by atoms with E-state index in [0.717, 1.165) is 29.9 Å². The zero-order valence-corrected chi connectivity index (χ0v) is 30.5. The van der Waals surface area contributed by atoms with Crippen molar-refractivity contribution in [3.8, 4) is 0 Å². The zero-order valence-electron chi connectivity index (χ0n) is 27.5. The molecule has 3 unspecified atom stereocenters. The largest absolute Gasteiger partial charge is 0.415 e. The Morgan fingerprint density at radius 3 is 2.05 bits per heavy atom. The molecular weight excluding hydrogens is 535 g/mol. The highest BCUT2D eigenvalue weighted by Gasteiger charge is 2.64. The molecule has 8 heteroatoms. The second-order valence-corrected chi connectivity index (χ2v) is 30.4. The minimum absolute atomic E-state index is 0.187. The van der Waals surface area contributed by atoms with Gasteiger partial charge < -0.3 is 18.1 Å². The van der Waals surface area contributed by atoms with Crippen molar-refractivity contribution in [2.24, 2.45) is 45.6 Å². The highest BCUT2D eigenvalue weighted by atomic mass is 28.4. The fourth-order valence-corrected chi connectivity index (χ4v) is 12.6. The van der Waals surface area contributed by atoms with E-state index in [1.54, 1.807) is 7.11 Å². The molecule has 0 aliphatic heterocycles. The highest BCUT2D eigenvalue weighted by Crippen LogP contribution is 2.68. The minimum atomic E-state index is -1.73. The molecule has 4 aliphatic rings. The van der Waals surface area contributed by atoms with Gasteiger partial charge in [0.05, 0.1) is 12.3 Å². The summed E-state index contributed by atoms with van der Waals surface area (Å²) < 4.78 is 20.4. The number of hydrogen-bond donors (Lipinski definition) is 0. The van der Waals surface area contributed by atoms with Crippen molar-refractivity contribution in [3.63, 3.8) is 0 Å². The molecule has 0 amide bonds. The lowest BCUT2D eigenvalue weighted by molar-refractivity contribution is -0.168. The second kappa shape index (κ2) is 11.3. The first kappa shape index (κ1) is 31.9. The monoisotopic (exact) mass is 595 g/mol. The van der Waals surface area contributed by atoms with Crippen LogP contribution in [0.3, 0.4) is 0 Å². The van der Waals surface area contributed by atoms with Gasteiger partial charge in [-0.3, -0.25) is 0 Å². The molecule has 0 saturated heterocycles. The van der Waals surface area contributed by atoms with E-state index in [9.17, 15) is 0 Å². The molecule has 4 aliphatic carbocycles. The van der Waals surface area contributed by atoms with Gasteiger partial charge in [-0.1, -0.05) is 19.0 Å². The molecule has 4 saturated carbocycles. The summed E-state index contributed by atoms with van der Waals surface area (Å²) in [6, 6.07) is 0. The standard InChI is InChI=1S/C31H61NO4Si3/c1-30-18-17-23(35-38(7,8)9)19-22(30)13-14-24-25-15-16-26(27(32-33-3)21-34-37(4,5)6)31(25,2)20-28(29(24)30)36-39(10,11)12/h22-26,28-29H,13-21H2,1-12H3/t22-,23+,24?,25?,26+,28-,29?,30-,31-/m0/s1. The summed E-state index contributed by atoms with van der Waals surface area (Å²) >= 11 is 0. The van der Waals surface area contributed by atoms with E-state index >= 15 is 0 Å². The van der Waals surface area contributed by atoms with Gasteiger partial charge in [-0.2, -0.15) is 0 Å². The Morgan fingerprint density at radius 2 is 1.46 bits per heavy atom. The van der Waals surface area contributed by atoms with Crippen molar-refractivity contribution in [1.29, 1.82) is 0 Å². The third kappa shape index (κ3) is 6.98. The van der Waals surface area contributed by atoms with Gasteiger partial charge in [0.1, 0.15) is 7.11 Å². The smallest absolute Gasteiger partial charge is 0.184 e. The zero-order chi connectivity index (χ0) is 29.0. The molecule has 5 nitrogen and oxygen atoms in total. The Labute approximate surface area is 243 Å². The Hall–Kier alpha value is 0.000649.